The monoisotopic (exact) mass is 440 g/mol. The normalized spacial score (nSPS) is 18.6. The quantitative estimate of drug-likeness (QED) is 0.485. The van der Waals surface area contributed by atoms with Crippen molar-refractivity contribution in [3.05, 3.63) is 63.1 Å². The number of alkyl halides is 3. The van der Waals surface area contributed by atoms with Crippen molar-refractivity contribution in [3.63, 3.8) is 0 Å². The van der Waals surface area contributed by atoms with Crippen LogP contribution in [0.3, 0.4) is 0 Å². The molecule has 0 fully saturated rings. The molecule has 1 aromatic carbocycles. The number of hydrogen-bond acceptors (Lipinski definition) is 5. The third kappa shape index (κ3) is 3.44. The predicted octanol–water partition coefficient (Wildman–Crippen LogP) is 4.32. The summed E-state index contributed by atoms with van der Waals surface area (Å²) in [6.45, 7) is 0. The molecule has 29 heavy (non-hydrogen) atoms. The second-order valence-electron chi connectivity index (χ2n) is 6.54. The summed E-state index contributed by atoms with van der Waals surface area (Å²) in [6, 6.07) is 7.78. The first-order valence-corrected chi connectivity index (χ1v) is 9.65. The van der Waals surface area contributed by atoms with Crippen LogP contribution in [0.1, 0.15) is 33.0 Å². The first-order chi connectivity index (χ1) is 13.7. The van der Waals surface area contributed by atoms with Crippen LogP contribution in [0, 0.1) is 0 Å². The van der Waals surface area contributed by atoms with Gasteiger partial charge in [0.25, 0.3) is 0 Å². The van der Waals surface area contributed by atoms with Crippen molar-refractivity contribution in [3.8, 4) is 0 Å². The Morgan fingerprint density at radius 2 is 2.00 bits per heavy atom. The number of rotatable bonds is 3. The Balaban J connectivity index is 1.69. The molecule has 0 saturated heterocycles. The number of ether oxygens (including phenoxy) is 1. The van der Waals surface area contributed by atoms with Gasteiger partial charge >= 0.3 is 12.1 Å². The number of nitrogens with two attached hydrogens (primary N) is 1. The number of benzene rings is 1. The molecule has 1 aliphatic rings. The maximum atomic E-state index is 13.3. The minimum atomic E-state index is -4.65. The molecule has 2 unspecified atom stereocenters. The average molecular weight is 441 g/mol. The largest absolute Gasteiger partial charge is 0.457 e. The Hall–Kier alpha value is -2.65. The number of thiophene rings is 1. The summed E-state index contributed by atoms with van der Waals surface area (Å²) in [5.74, 6) is -2.37. The van der Waals surface area contributed by atoms with E-state index in [1.807, 2.05) is 0 Å². The van der Waals surface area contributed by atoms with E-state index >= 15 is 0 Å². The molecule has 0 spiro atoms. The molecule has 2 atom stereocenters. The second-order valence-corrected chi connectivity index (χ2v) is 7.81. The van der Waals surface area contributed by atoms with E-state index in [2.05, 4.69) is 4.98 Å². The SMILES string of the molecule is NC(=O)C1c2ccccc2CC1OC(=O)c1csc2c(C(F)(F)F)cc(Cl)nc12. The van der Waals surface area contributed by atoms with Gasteiger partial charge in [0.2, 0.25) is 5.91 Å². The van der Waals surface area contributed by atoms with E-state index in [0.29, 0.717) is 11.6 Å². The zero-order valence-corrected chi connectivity index (χ0v) is 16.1. The zero-order valence-electron chi connectivity index (χ0n) is 14.5. The molecule has 2 N–H and O–H groups in total. The van der Waals surface area contributed by atoms with E-state index < -0.39 is 35.6 Å². The number of nitrogens with zero attached hydrogens (tertiary/aromatic N) is 1. The molecule has 1 amide bonds. The Morgan fingerprint density at radius 3 is 2.69 bits per heavy atom. The van der Waals surface area contributed by atoms with Crippen molar-refractivity contribution in [2.45, 2.75) is 24.6 Å². The Labute approximate surface area is 171 Å². The molecule has 10 heteroatoms. The van der Waals surface area contributed by atoms with Crippen LogP contribution < -0.4 is 5.73 Å². The highest BCUT2D eigenvalue weighted by Gasteiger charge is 2.40. The van der Waals surface area contributed by atoms with E-state index in [-0.39, 0.29) is 27.4 Å². The summed E-state index contributed by atoms with van der Waals surface area (Å²) < 4.78 is 45.1. The van der Waals surface area contributed by atoms with Gasteiger partial charge in [-0.15, -0.1) is 11.3 Å². The van der Waals surface area contributed by atoms with Gasteiger partial charge in [-0.05, 0) is 17.2 Å². The molecule has 2 aromatic heterocycles. The van der Waals surface area contributed by atoms with Gasteiger partial charge in [0, 0.05) is 11.8 Å². The van der Waals surface area contributed by atoms with Crippen LogP contribution in [0.2, 0.25) is 5.15 Å². The minimum Gasteiger partial charge on any atom is -0.457 e. The van der Waals surface area contributed by atoms with E-state index in [4.69, 9.17) is 22.1 Å². The van der Waals surface area contributed by atoms with E-state index in [9.17, 15) is 22.8 Å². The summed E-state index contributed by atoms with van der Waals surface area (Å²) >= 11 is 6.46. The van der Waals surface area contributed by atoms with Crippen LogP contribution in [0.4, 0.5) is 13.2 Å². The van der Waals surface area contributed by atoms with Gasteiger partial charge < -0.3 is 10.5 Å². The third-order valence-electron chi connectivity index (χ3n) is 4.76. The Kier molecular flexibility index (Phi) is 4.74. The summed E-state index contributed by atoms with van der Waals surface area (Å²) in [7, 11) is 0. The molecule has 0 bridgehead atoms. The number of hydrogen-bond donors (Lipinski definition) is 1. The molecule has 1 aliphatic carbocycles. The van der Waals surface area contributed by atoms with Gasteiger partial charge in [-0.2, -0.15) is 13.2 Å². The van der Waals surface area contributed by atoms with Gasteiger partial charge in [0.15, 0.2) is 0 Å². The van der Waals surface area contributed by atoms with Crippen molar-refractivity contribution in [1.82, 2.24) is 4.98 Å². The van der Waals surface area contributed by atoms with Crippen LogP contribution in [-0.2, 0) is 22.1 Å². The second kappa shape index (κ2) is 7.00. The number of pyridine rings is 1. The molecular formula is C19H12ClF3N2O3S. The maximum absolute atomic E-state index is 13.3. The summed E-state index contributed by atoms with van der Waals surface area (Å²) in [5, 5.41) is 0.855. The van der Waals surface area contributed by atoms with E-state index in [1.165, 1.54) is 5.38 Å². The van der Waals surface area contributed by atoms with Gasteiger partial charge in [-0.1, -0.05) is 35.9 Å². The Morgan fingerprint density at radius 1 is 1.28 bits per heavy atom. The van der Waals surface area contributed by atoms with Crippen molar-refractivity contribution in [1.29, 1.82) is 0 Å². The number of aromatic nitrogens is 1. The lowest BCUT2D eigenvalue weighted by Gasteiger charge is -2.18. The van der Waals surface area contributed by atoms with Crippen LogP contribution in [0.5, 0.6) is 0 Å². The van der Waals surface area contributed by atoms with E-state index in [1.54, 1.807) is 24.3 Å². The molecule has 5 nitrogen and oxygen atoms in total. The fourth-order valence-electron chi connectivity index (χ4n) is 3.54. The lowest BCUT2D eigenvalue weighted by Crippen LogP contribution is -2.32. The molecular weight excluding hydrogens is 429 g/mol. The summed E-state index contributed by atoms with van der Waals surface area (Å²) in [6.07, 6.45) is -5.23. The highest BCUT2D eigenvalue weighted by atomic mass is 35.5. The topological polar surface area (TPSA) is 82.3 Å². The van der Waals surface area contributed by atoms with Crippen molar-refractivity contribution < 1.29 is 27.5 Å². The molecule has 150 valence electrons. The summed E-state index contributed by atoms with van der Waals surface area (Å²) in [5.41, 5.74) is 5.69. The number of fused-ring (bicyclic) bond motifs is 2. The van der Waals surface area contributed by atoms with Crippen molar-refractivity contribution in [2.24, 2.45) is 5.73 Å². The van der Waals surface area contributed by atoms with Crippen molar-refractivity contribution >= 4 is 45.0 Å². The van der Waals surface area contributed by atoms with Crippen LogP contribution in [-0.4, -0.2) is 23.0 Å². The molecule has 0 aliphatic heterocycles. The number of carbonyl (C=O) groups is 2. The number of carbonyl (C=O) groups excluding carboxylic acids is 2. The minimum absolute atomic E-state index is 0.142. The fourth-order valence-corrected chi connectivity index (χ4v) is 4.74. The smallest absolute Gasteiger partial charge is 0.417 e. The molecule has 0 radical (unpaired) electrons. The van der Waals surface area contributed by atoms with Crippen LogP contribution >= 0.6 is 22.9 Å². The van der Waals surface area contributed by atoms with Crippen molar-refractivity contribution in [2.75, 3.05) is 0 Å². The molecule has 0 saturated carbocycles. The fraction of sp³-hybridized carbons (Fsp3) is 0.211. The van der Waals surface area contributed by atoms with Crippen LogP contribution in [0.15, 0.2) is 35.7 Å². The first-order valence-electron chi connectivity index (χ1n) is 8.40. The number of amides is 1. The summed E-state index contributed by atoms with van der Waals surface area (Å²) in [4.78, 5) is 28.6. The van der Waals surface area contributed by atoms with Gasteiger partial charge in [0.1, 0.15) is 17.2 Å². The lowest BCUT2D eigenvalue weighted by atomic mass is 9.99. The van der Waals surface area contributed by atoms with Gasteiger partial charge in [-0.25, -0.2) is 9.78 Å². The highest BCUT2D eigenvalue weighted by molar-refractivity contribution is 7.17. The van der Waals surface area contributed by atoms with Crippen LogP contribution in [0.25, 0.3) is 10.2 Å². The zero-order chi connectivity index (χ0) is 20.9. The predicted molar refractivity (Wildman–Crippen MR) is 101 cm³/mol. The van der Waals surface area contributed by atoms with Gasteiger partial charge in [0.05, 0.1) is 21.3 Å². The molecule has 3 aromatic rings. The number of esters is 1. The average Bonchev–Trinajstić information content (AvgIpc) is 3.20. The number of halogens is 4. The first kappa shape index (κ1) is 19.7. The maximum Gasteiger partial charge on any atom is 0.417 e. The van der Waals surface area contributed by atoms with E-state index in [0.717, 1.165) is 16.9 Å². The van der Waals surface area contributed by atoms with Gasteiger partial charge in [-0.3, -0.25) is 4.79 Å². The standard InChI is InChI=1S/C19H12ClF3N2O3S/c20-13-6-11(19(21,22)23)16-15(25-13)10(7-29-16)18(27)28-12-5-8-3-1-2-4-9(8)14(12)17(24)26/h1-4,6-7,12,14H,5H2,(H2,24,26). The third-order valence-corrected chi connectivity index (χ3v) is 5.96. The highest BCUT2D eigenvalue weighted by Crippen LogP contribution is 2.40. The molecule has 2 heterocycles. The number of primary amides is 1. The molecule has 4 rings (SSSR count). The Bertz CT molecular complexity index is 1150. The lowest BCUT2D eigenvalue weighted by molar-refractivity contribution is -0.136.